The third-order valence-corrected chi connectivity index (χ3v) is 5.93. The van der Waals surface area contributed by atoms with Crippen molar-refractivity contribution >= 4 is 33.2 Å². The molecule has 1 aliphatic rings. The van der Waals surface area contributed by atoms with Gasteiger partial charge in [-0.3, -0.25) is 9.52 Å². The van der Waals surface area contributed by atoms with Gasteiger partial charge in [-0.05, 0) is 43.2 Å². The summed E-state index contributed by atoms with van der Waals surface area (Å²) in [5.41, 5.74) is 0.562. The minimum atomic E-state index is -3.72. The van der Waals surface area contributed by atoms with Gasteiger partial charge in [-0.2, -0.15) is 0 Å². The summed E-state index contributed by atoms with van der Waals surface area (Å²) in [6.07, 6.45) is 4.14. The van der Waals surface area contributed by atoms with Crippen molar-refractivity contribution in [3.05, 3.63) is 59.1 Å². The van der Waals surface area contributed by atoms with Crippen LogP contribution in [0.2, 0.25) is 5.02 Å². The summed E-state index contributed by atoms with van der Waals surface area (Å²) in [6, 6.07) is 12.7. The second-order valence-corrected chi connectivity index (χ2v) is 8.16. The molecule has 5 nitrogen and oxygen atoms in total. The summed E-state index contributed by atoms with van der Waals surface area (Å²) in [4.78, 5) is 12.6. The Morgan fingerprint density at radius 1 is 1.04 bits per heavy atom. The first kappa shape index (κ1) is 17.8. The number of rotatable bonds is 5. The first-order valence-corrected chi connectivity index (χ1v) is 10.00. The zero-order chi connectivity index (χ0) is 17.9. The fourth-order valence-electron chi connectivity index (χ4n) is 2.91. The number of nitrogens with one attached hydrogen (secondary N) is 2. The Labute approximate surface area is 152 Å². The Kier molecular flexibility index (Phi) is 5.30. The van der Waals surface area contributed by atoms with Crippen molar-refractivity contribution in [3.63, 3.8) is 0 Å². The molecule has 2 aromatic carbocycles. The Balaban J connectivity index is 1.80. The Hall–Kier alpha value is -2.05. The third kappa shape index (κ3) is 4.32. The number of anilines is 1. The lowest BCUT2D eigenvalue weighted by atomic mass is 10.1. The van der Waals surface area contributed by atoms with E-state index in [1.54, 1.807) is 18.2 Å². The van der Waals surface area contributed by atoms with Crippen LogP contribution in [-0.2, 0) is 10.0 Å². The monoisotopic (exact) mass is 378 g/mol. The number of carbonyl (C=O) groups is 1. The smallest absolute Gasteiger partial charge is 0.261 e. The Morgan fingerprint density at radius 3 is 2.40 bits per heavy atom. The van der Waals surface area contributed by atoms with Crippen LogP contribution in [0.3, 0.4) is 0 Å². The first-order valence-electron chi connectivity index (χ1n) is 8.14. The fourth-order valence-corrected chi connectivity index (χ4v) is 4.18. The highest BCUT2D eigenvalue weighted by atomic mass is 35.5. The molecule has 1 amide bonds. The molecule has 132 valence electrons. The van der Waals surface area contributed by atoms with Crippen molar-refractivity contribution in [2.24, 2.45) is 0 Å². The van der Waals surface area contributed by atoms with Gasteiger partial charge in [-0.25, -0.2) is 8.42 Å². The van der Waals surface area contributed by atoms with E-state index in [0.717, 1.165) is 25.7 Å². The van der Waals surface area contributed by atoms with E-state index in [9.17, 15) is 13.2 Å². The number of sulfonamides is 1. The van der Waals surface area contributed by atoms with Crippen LogP contribution in [0.15, 0.2) is 53.4 Å². The van der Waals surface area contributed by atoms with Crippen molar-refractivity contribution in [1.29, 1.82) is 0 Å². The SMILES string of the molecule is O=C(NC1CCCC1)c1cc(NS(=O)(=O)c2ccccc2)ccc1Cl. The van der Waals surface area contributed by atoms with Gasteiger partial charge in [-0.15, -0.1) is 0 Å². The maximum atomic E-state index is 12.4. The van der Waals surface area contributed by atoms with Crippen LogP contribution in [0, 0.1) is 0 Å². The summed E-state index contributed by atoms with van der Waals surface area (Å²) in [6.45, 7) is 0. The van der Waals surface area contributed by atoms with Crippen molar-refractivity contribution in [2.75, 3.05) is 4.72 Å². The number of carbonyl (C=O) groups excluding carboxylic acids is 1. The molecule has 7 heteroatoms. The van der Waals surface area contributed by atoms with Crippen molar-refractivity contribution in [3.8, 4) is 0 Å². The standard InChI is InChI=1S/C18H19ClN2O3S/c19-17-11-10-14(21-25(23,24)15-8-2-1-3-9-15)12-16(17)18(22)20-13-6-4-5-7-13/h1-3,8-13,21H,4-7H2,(H,20,22). The molecule has 0 unspecified atom stereocenters. The predicted molar refractivity (Wildman–Crippen MR) is 98.4 cm³/mol. The van der Waals surface area contributed by atoms with Gasteiger partial charge in [0.2, 0.25) is 0 Å². The second-order valence-electron chi connectivity index (χ2n) is 6.07. The van der Waals surface area contributed by atoms with Gasteiger partial charge in [0.15, 0.2) is 0 Å². The van der Waals surface area contributed by atoms with Crippen LogP contribution in [0.1, 0.15) is 36.0 Å². The van der Waals surface area contributed by atoms with Crippen LogP contribution in [0.5, 0.6) is 0 Å². The van der Waals surface area contributed by atoms with Crippen molar-refractivity contribution in [1.82, 2.24) is 5.32 Å². The van der Waals surface area contributed by atoms with Crippen LogP contribution < -0.4 is 10.0 Å². The number of benzene rings is 2. The van der Waals surface area contributed by atoms with E-state index in [1.165, 1.54) is 30.3 Å². The maximum absolute atomic E-state index is 12.4. The van der Waals surface area contributed by atoms with E-state index in [1.807, 2.05) is 0 Å². The van der Waals surface area contributed by atoms with Gasteiger partial charge < -0.3 is 5.32 Å². The van der Waals surface area contributed by atoms with Gasteiger partial charge in [0.25, 0.3) is 15.9 Å². The van der Waals surface area contributed by atoms with E-state index in [4.69, 9.17) is 11.6 Å². The average Bonchev–Trinajstić information content (AvgIpc) is 3.10. The van der Waals surface area contributed by atoms with E-state index in [-0.39, 0.29) is 27.4 Å². The topological polar surface area (TPSA) is 75.3 Å². The lowest BCUT2D eigenvalue weighted by Gasteiger charge is -2.14. The average molecular weight is 379 g/mol. The number of halogens is 1. The van der Waals surface area contributed by atoms with E-state index in [2.05, 4.69) is 10.0 Å². The van der Waals surface area contributed by atoms with E-state index >= 15 is 0 Å². The molecule has 0 aromatic heterocycles. The summed E-state index contributed by atoms with van der Waals surface area (Å²) < 4.78 is 27.3. The summed E-state index contributed by atoms with van der Waals surface area (Å²) in [5.74, 6) is -0.280. The molecule has 0 saturated heterocycles. The molecule has 2 N–H and O–H groups in total. The highest BCUT2D eigenvalue weighted by Crippen LogP contribution is 2.24. The van der Waals surface area contributed by atoms with E-state index in [0.29, 0.717) is 5.69 Å². The van der Waals surface area contributed by atoms with Gasteiger partial charge in [0.05, 0.1) is 15.5 Å². The minimum Gasteiger partial charge on any atom is -0.349 e. The minimum absolute atomic E-state index is 0.155. The molecule has 0 bridgehead atoms. The zero-order valence-corrected chi connectivity index (χ0v) is 15.1. The summed E-state index contributed by atoms with van der Waals surface area (Å²) >= 11 is 6.13. The maximum Gasteiger partial charge on any atom is 0.261 e. The van der Waals surface area contributed by atoms with Gasteiger partial charge in [0.1, 0.15) is 0 Å². The Bertz CT molecular complexity index is 863. The van der Waals surface area contributed by atoms with Crippen molar-refractivity contribution < 1.29 is 13.2 Å². The molecule has 0 spiro atoms. The van der Waals surface area contributed by atoms with Crippen LogP contribution in [0.4, 0.5) is 5.69 Å². The molecule has 0 aliphatic heterocycles. The summed E-state index contributed by atoms with van der Waals surface area (Å²) in [5, 5.41) is 3.25. The van der Waals surface area contributed by atoms with Gasteiger partial charge >= 0.3 is 0 Å². The zero-order valence-electron chi connectivity index (χ0n) is 13.5. The molecule has 0 radical (unpaired) electrons. The molecule has 3 rings (SSSR count). The Morgan fingerprint density at radius 2 is 1.72 bits per heavy atom. The normalized spacial score (nSPS) is 15.1. The first-order chi connectivity index (χ1) is 12.0. The van der Waals surface area contributed by atoms with E-state index < -0.39 is 10.0 Å². The van der Waals surface area contributed by atoms with Crippen molar-refractivity contribution in [2.45, 2.75) is 36.6 Å². The highest BCUT2D eigenvalue weighted by Gasteiger charge is 2.20. The molecule has 1 aliphatic carbocycles. The molecule has 0 atom stereocenters. The molecule has 1 fully saturated rings. The molecule has 25 heavy (non-hydrogen) atoms. The lowest BCUT2D eigenvalue weighted by molar-refractivity contribution is 0.0938. The molecule has 1 saturated carbocycles. The molecular formula is C18H19ClN2O3S. The van der Waals surface area contributed by atoms with Crippen LogP contribution in [0.25, 0.3) is 0 Å². The second kappa shape index (κ2) is 7.45. The third-order valence-electron chi connectivity index (χ3n) is 4.21. The van der Waals surface area contributed by atoms with Gasteiger partial charge in [-0.1, -0.05) is 42.6 Å². The quantitative estimate of drug-likeness (QED) is 0.830. The largest absolute Gasteiger partial charge is 0.349 e. The summed E-state index contributed by atoms with van der Waals surface area (Å²) in [7, 11) is -3.72. The molecular weight excluding hydrogens is 360 g/mol. The lowest BCUT2D eigenvalue weighted by Crippen LogP contribution is -2.32. The van der Waals surface area contributed by atoms with Gasteiger partial charge in [0, 0.05) is 11.7 Å². The highest BCUT2D eigenvalue weighted by molar-refractivity contribution is 7.92. The molecule has 0 heterocycles. The number of amides is 1. The van der Waals surface area contributed by atoms with Crippen LogP contribution >= 0.6 is 11.6 Å². The number of hydrogen-bond donors (Lipinski definition) is 2. The molecule has 2 aromatic rings. The fraction of sp³-hybridized carbons (Fsp3) is 0.278. The van der Waals surface area contributed by atoms with Crippen LogP contribution in [-0.4, -0.2) is 20.4 Å². The number of hydrogen-bond acceptors (Lipinski definition) is 3. The predicted octanol–water partition coefficient (Wildman–Crippen LogP) is 3.81.